The maximum atomic E-state index is 12.5. The third kappa shape index (κ3) is 6.01. The number of hydrogen-bond acceptors (Lipinski definition) is 5. The molecule has 0 bridgehead atoms. The molecule has 2 aromatic rings. The maximum absolute atomic E-state index is 12.5. The minimum Gasteiger partial charge on any atom is -0.339 e. The largest absolute Gasteiger partial charge is 0.339 e. The Morgan fingerprint density at radius 3 is 2.41 bits per heavy atom. The molecule has 0 N–H and O–H groups in total. The molecule has 1 saturated heterocycles. The summed E-state index contributed by atoms with van der Waals surface area (Å²) in [6.07, 6.45) is 5.07. The van der Waals surface area contributed by atoms with E-state index < -0.39 is 0 Å². The molecule has 0 radical (unpaired) electrons. The first-order valence-electron chi connectivity index (χ1n) is 9.34. The van der Waals surface area contributed by atoms with Crippen molar-refractivity contribution in [2.75, 3.05) is 51.2 Å². The third-order valence-corrected chi connectivity index (χ3v) is 5.40. The Labute approximate surface area is 169 Å². The molecule has 0 atom stereocenters. The van der Waals surface area contributed by atoms with Gasteiger partial charge in [0.25, 0.3) is 0 Å². The zero-order valence-corrected chi connectivity index (χ0v) is 17.3. The fraction of sp³-hybridized carbons (Fsp3) is 0.450. The van der Waals surface area contributed by atoms with Crippen LogP contribution in [0.3, 0.4) is 0 Å². The van der Waals surface area contributed by atoms with Crippen LogP contribution in [0.4, 0.5) is 5.95 Å². The number of hydrogen-bond donors (Lipinski definition) is 0. The molecular weight excluding hydrogens is 406 g/mol. The van der Waals surface area contributed by atoms with Gasteiger partial charge in [0.15, 0.2) is 0 Å². The lowest BCUT2D eigenvalue weighted by Gasteiger charge is -2.35. The highest BCUT2D eigenvalue weighted by atomic mass is 79.9. The van der Waals surface area contributed by atoms with Crippen LogP contribution in [0.25, 0.3) is 0 Å². The lowest BCUT2D eigenvalue weighted by atomic mass is 10.1. The Balaban J connectivity index is 1.36. The monoisotopic (exact) mass is 431 g/mol. The summed E-state index contributed by atoms with van der Waals surface area (Å²) in [6.45, 7) is 4.79. The van der Waals surface area contributed by atoms with Crippen LogP contribution in [0.15, 0.2) is 47.2 Å². The van der Waals surface area contributed by atoms with Crippen LogP contribution in [0.2, 0.25) is 0 Å². The molecule has 1 aliphatic rings. The molecular formula is C20H26BrN5O. The van der Waals surface area contributed by atoms with E-state index in [1.54, 1.807) is 12.4 Å². The van der Waals surface area contributed by atoms with E-state index in [9.17, 15) is 4.79 Å². The summed E-state index contributed by atoms with van der Waals surface area (Å²) in [5, 5.41) is 0. The van der Waals surface area contributed by atoms with Crippen LogP contribution in [0.1, 0.15) is 12.0 Å². The first kappa shape index (κ1) is 19.8. The summed E-state index contributed by atoms with van der Waals surface area (Å²) in [5.41, 5.74) is 1.32. The molecule has 144 valence electrons. The van der Waals surface area contributed by atoms with Gasteiger partial charge in [-0.05, 0) is 37.2 Å². The van der Waals surface area contributed by atoms with Gasteiger partial charge in [-0.25, -0.2) is 9.97 Å². The van der Waals surface area contributed by atoms with Gasteiger partial charge in [0, 0.05) is 62.6 Å². The van der Waals surface area contributed by atoms with Gasteiger partial charge in [0.2, 0.25) is 11.9 Å². The van der Waals surface area contributed by atoms with E-state index in [0.29, 0.717) is 6.42 Å². The number of benzene rings is 1. The van der Waals surface area contributed by atoms with Crippen molar-refractivity contribution < 1.29 is 4.79 Å². The summed E-state index contributed by atoms with van der Waals surface area (Å²) in [4.78, 5) is 27.4. The molecule has 1 fully saturated rings. The molecule has 27 heavy (non-hydrogen) atoms. The highest BCUT2D eigenvalue weighted by molar-refractivity contribution is 9.10. The lowest BCUT2D eigenvalue weighted by molar-refractivity contribution is -0.131. The molecule has 3 rings (SSSR count). The molecule has 1 aromatic carbocycles. The summed E-state index contributed by atoms with van der Waals surface area (Å²) in [5.74, 6) is 0.983. The molecule has 6 nitrogen and oxygen atoms in total. The molecule has 0 saturated carbocycles. The molecule has 0 spiro atoms. The van der Waals surface area contributed by atoms with Crippen LogP contribution in [0.5, 0.6) is 0 Å². The fourth-order valence-electron chi connectivity index (χ4n) is 3.14. The van der Waals surface area contributed by atoms with Crippen molar-refractivity contribution in [2.24, 2.45) is 0 Å². The van der Waals surface area contributed by atoms with Crippen LogP contribution in [-0.2, 0) is 11.2 Å². The Kier molecular flexibility index (Phi) is 7.18. The van der Waals surface area contributed by atoms with E-state index in [0.717, 1.165) is 56.1 Å². The van der Waals surface area contributed by atoms with Crippen LogP contribution in [-0.4, -0.2) is 72.0 Å². The van der Waals surface area contributed by atoms with E-state index in [-0.39, 0.29) is 5.91 Å². The van der Waals surface area contributed by atoms with Gasteiger partial charge in [-0.3, -0.25) is 4.79 Å². The average Bonchev–Trinajstić information content (AvgIpc) is 2.72. The number of nitrogens with zero attached hydrogens (tertiary/aromatic N) is 5. The van der Waals surface area contributed by atoms with Gasteiger partial charge in [-0.2, -0.15) is 0 Å². The molecule has 1 aromatic heterocycles. The predicted octanol–water partition coefficient (Wildman–Crippen LogP) is 2.45. The number of piperazine rings is 1. The van der Waals surface area contributed by atoms with Crippen LogP contribution >= 0.6 is 15.9 Å². The van der Waals surface area contributed by atoms with Gasteiger partial charge >= 0.3 is 0 Å². The zero-order chi connectivity index (χ0) is 19.1. The highest BCUT2D eigenvalue weighted by Crippen LogP contribution is 2.12. The van der Waals surface area contributed by atoms with Gasteiger partial charge in [-0.1, -0.05) is 28.1 Å². The minimum atomic E-state index is 0.235. The van der Waals surface area contributed by atoms with Gasteiger partial charge in [0.1, 0.15) is 0 Å². The van der Waals surface area contributed by atoms with Crippen molar-refractivity contribution in [3.8, 4) is 0 Å². The topological polar surface area (TPSA) is 52.6 Å². The first-order valence-corrected chi connectivity index (χ1v) is 10.1. The van der Waals surface area contributed by atoms with E-state index in [1.807, 2.05) is 11.0 Å². The smallest absolute Gasteiger partial charge is 0.225 e. The lowest BCUT2D eigenvalue weighted by Crippen LogP contribution is -2.49. The predicted molar refractivity (Wildman–Crippen MR) is 111 cm³/mol. The Morgan fingerprint density at radius 2 is 1.74 bits per heavy atom. The standard InChI is InChI=1S/C20H26BrN5O/c1-24(11-7-17-3-5-18(21)6-4-17)12-8-19(27)25-13-15-26(16-14-25)20-22-9-2-10-23-20/h2-6,9-10H,7-8,11-16H2,1H3. The fourth-order valence-corrected chi connectivity index (χ4v) is 3.40. The second-order valence-corrected chi connectivity index (χ2v) is 7.76. The van der Waals surface area contributed by atoms with Crippen molar-refractivity contribution in [1.82, 2.24) is 19.8 Å². The zero-order valence-electron chi connectivity index (χ0n) is 15.7. The molecule has 1 amide bonds. The number of anilines is 1. The van der Waals surface area contributed by atoms with Crippen molar-refractivity contribution in [3.05, 3.63) is 52.8 Å². The quantitative estimate of drug-likeness (QED) is 0.673. The number of aromatic nitrogens is 2. The van der Waals surface area contributed by atoms with Crippen molar-refractivity contribution in [2.45, 2.75) is 12.8 Å². The Bertz CT molecular complexity index is 717. The minimum absolute atomic E-state index is 0.235. The number of rotatable bonds is 7. The number of amides is 1. The summed E-state index contributed by atoms with van der Waals surface area (Å²) < 4.78 is 1.10. The number of carbonyl (C=O) groups excluding carboxylic acids is 1. The SMILES string of the molecule is CN(CCC(=O)N1CCN(c2ncccn2)CC1)CCc1ccc(Br)cc1. The average molecular weight is 432 g/mol. The molecule has 2 heterocycles. The molecule has 0 unspecified atom stereocenters. The van der Waals surface area contributed by atoms with Crippen molar-refractivity contribution >= 4 is 27.8 Å². The highest BCUT2D eigenvalue weighted by Gasteiger charge is 2.22. The van der Waals surface area contributed by atoms with E-state index in [4.69, 9.17) is 0 Å². The van der Waals surface area contributed by atoms with Crippen molar-refractivity contribution in [3.63, 3.8) is 0 Å². The van der Waals surface area contributed by atoms with Gasteiger partial charge < -0.3 is 14.7 Å². The second kappa shape index (κ2) is 9.80. The van der Waals surface area contributed by atoms with Crippen molar-refractivity contribution in [1.29, 1.82) is 0 Å². The third-order valence-electron chi connectivity index (χ3n) is 4.87. The normalized spacial score (nSPS) is 14.6. The van der Waals surface area contributed by atoms with E-state index in [2.05, 4.69) is 67.0 Å². The van der Waals surface area contributed by atoms with E-state index in [1.165, 1.54) is 5.56 Å². The number of likely N-dealkylation sites (N-methyl/N-ethyl adjacent to an activating group) is 1. The Morgan fingerprint density at radius 1 is 1.07 bits per heavy atom. The second-order valence-electron chi connectivity index (χ2n) is 6.85. The van der Waals surface area contributed by atoms with Crippen LogP contribution < -0.4 is 4.90 Å². The summed E-state index contributed by atoms with van der Waals surface area (Å²) in [6, 6.07) is 10.2. The molecule has 7 heteroatoms. The van der Waals surface area contributed by atoms with Crippen LogP contribution in [0, 0.1) is 0 Å². The van der Waals surface area contributed by atoms with Gasteiger partial charge in [-0.15, -0.1) is 0 Å². The number of carbonyl (C=O) groups is 1. The van der Waals surface area contributed by atoms with E-state index >= 15 is 0 Å². The van der Waals surface area contributed by atoms with Gasteiger partial charge in [0.05, 0.1) is 0 Å². The number of halogens is 1. The first-order chi connectivity index (χ1) is 13.1. The summed E-state index contributed by atoms with van der Waals surface area (Å²) >= 11 is 3.46. The molecule has 0 aliphatic carbocycles. The maximum Gasteiger partial charge on any atom is 0.225 e. The molecule has 1 aliphatic heterocycles. The summed E-state index contributed by atoms with van der Waals surface area (Å²) in [7, 11) is 2.08. The Hall–Kier alpha value is -1.99.